The van der Waals surface area contributed by atoms with E-state index in [0.717, 1.165) is 6.26 Å². The molecule has 0 fully saturated rings. The Morgan fingerprint density at radius 1 is 1.06 bits per heavy atom. The summed E-state index contributed by atoms with van der Waals surface area (Å²) in [4.78, 5) is 0. The summed E-state index contributed by atoms with van der Waals surface area (Å²) < 4.78 is 79.7. The van der Waals surface area contributed by atoms with Crippen molar-refractivity contribution in [2.24, 2.45) is 0 Å². The van der Waals surface area contributed by atoms with Crippen LogP contribution in [0.2, 0.25) is 0 Å². The van der Waals surface area contributed by atoms with Gasteiger partial charge in [0.25, 0.3) is 26.7 Å². The van der Waals surface area contributed by atoms with Crippen LogP contribution in [0, 0.1) is 0 Å². The predicted molar refractivity (Wildman–Crippen MR) is 57.1 cm³/mol. The first-order valence-corrected chi connectivity index (χ1v) is 8.25. The van der Waals surface area contributed by atoms with Crippen LogP contribution in [0.4, 0.5) is 8.78 Å². The molecule has 0 N–H and O–H groups in total. The molecule has 0 aliphatic carbocycles. The third-order valence-electron chi connectivity index (χ3n) is 1.34. The Balaban J connectivity index is 4.29. The summed E-state index contributed by atoms with van der Waals surface area (Å²) in [5, 5.41) is 0. The van der Waals surface area contributed by atoms with Crippen LogP contribution in [0.25, 0.3) is 0 Å². The monoisotopic (exact) mass is 312 g/mol. The van der Waals surface area contributed by atoms with Crippen molar-refractivity contribution in [3.63, 3.8) is 0 Å². The second-order valence-corrected chi connectivity index (χ2v) is 6.51. The summed E-state index contributed by atoms with van der Waals surface area (Å²) >= 11 is 0. The first kappa shape index (κ1) is 17.6. The number of alkyl halides is 2. The molecule has 0 radical (unpaired) electrons. The molecule has 11 heteroatoms. The van der Waals surface area contributed by atoms with E-state index in [9.17, 15) is 25.6 Å². The number of rotatable bonds is 9. The molecule has 0 aromatic heterocycles. The van der Waals surface area contributed by atoms with Gasteiger partial charge >= 0.3 is 0 Å². The fourth-order valence-corrected chi connectivity index (χ4v) is 1.77. The third-order valence-corrected chi connectivity index (χ3v) is 2.50. The molecular formula is C7H14F2O7S2. The van der Waals surface area contributed by atoms with Crippen LogP contribution < -0.4 is 0 Å². The molecule has 0 bridgehead atoms. The zero-order valence-corrected chi connectivity index (χ0v) is 11.3. The Kier molecular flexibility index (Phi) is 7.14. The maximum absolute atomic E-state index is 11.9. The van der Waals surface area contributed by atoms with Gasteiger partial charge in [-0.25, -0.2) is 13.0 Å². The summed E-state index contributed by atoms with van der Waals surface area (Å²) in [6.07, 6.45) is -3.14. The van der Waals surface area contributed by atoms with Crippen molar-refractivity contribution in [2.45, 2.75) is 19.1 Å². The van der Waals surface area contributed by atoms with Crippen LogP contribution in [-0.2, 0) is 33.3 Å². The van der Waals surface area contributed by atoms with Gasteiger partial charge < -0.3 is 4.74 Å². The fraction of sp³-hybridized carbons (Fsp3) is 1.00. The van der Waals surface area contributed by atoms with E-state index < -0.39 is 46.2 Å². The first-order chi connectivity index (χ1) is 7.99. The smallest absolute Gasteiger partial charge is 0.266 e. The lowest BCUT2D eigenvalue weighted by molar-refractivity contribution is -0.115. The molecule has 1 atom stereocenters. The maximum Gasteiger partial charge on any atom is 0.266 e. The van der Waals surface area contributed by atoms with E-state index in [-0.39, 0.29) is 6.42 Å². The molecule has 1 unspecified atom stereocenters. The van der Waals surface area contributed by atoms with Crippen LogP contribution in [0.1, 0.15) is 6.42 Å². The average molecular weight is 312 g/mol. The van der Waals surface area contributed by atoms with Gasteiger partial charge in [-0.1, -0.05) is 0 Å². The number of hydrogen-bond donors (Lipinski definition) is 0. The van der Waals surface area contributed by atoms with Gasteiger partial charge in [-0.15, -0.1) is 0 Å². The second-order valence-electron chi connectivity index (χ2n) is 3.27. The van der Waals surface area contributed by atoms with Gasteiger partial charge in [0.15, 0.2) is 6.29 Å². The summed E-state index contributed by atoms with van der Waals surface area (Å²) in [7, 11) is -7.62. The molecule has 0 saturated carbocycles. The summed E-state index contributed by atoms with van der Waals surface area (Å²) in [6.45, 7) is -1.47. The van der Waals surface area contributed by atoms with Crippen LogP contribution in [0.3, 0.4) is 0 Å². The van der Waals surface area contributed by atoms with Gasteiger partial charge in [0.2, 0.25) is 0 Å². The van der Waals surface area contributed by atoms with Crippen LogP contribution >= 0.6 is 0 Å². The van der Waals surface area contributed by atoms with Gasteiger partial charge in [0, 0.05) is 6.42 Å². The molecule has 0 aliphatic heterocycles. The molecule has 0 saturated heterocycles. The van der Waals surface area contributed by atoms with Crippen molar-refractivity contribution in [3.05, 3.63) is 0 Å². The largest absolute Gasteiger partial charge is 0.345 e. The highest BCUT2D eigenvalue weighted by molar-refractivity contribution is 7.86. The topological polar surface area (TPSA) is 96.0 Å². The molecule has 0 rings (SSSR count). The highest BCUT2D eigenvalue weighted by atomic mass is 32.2. The Morgan fingerprint density at radius 3 is 2.00 bits per heavy atom. The Hall–Kier alpha value is -0.360. The fourth-order valence-electron chi connectivity index (χ4n) is 0.830. The maximum atomic E-state index is 11.9. The number of ether oxygens (including phenoxy) is 1. The van der Waals surface area contributed by atoms with Gasteiger partial charge in [0.05, 0.1) is 19.1 Å². The van der Waals surface area contributed by atoms with Crippen LogP contribution in [0.15, 0.2) is 0 Å². The van der Waals surface area contributed by atoms with Crippen molar-refractivity contribution in [3.8, 4) is 0 Å². The molecule has 0 aliphatic rings. The molecule has 7 nitrogen and oxygen atoms in total. The first-order valence-electron chi connectivity index (χ1n) is 4.62. The van der Waals surface area contributed by atoms with Crippen LogP contribution in [0.5, 0.6) is 0 Å². The van der Waals surface area contributed by atoms with E-state index in [2.05, 4.69) is 13.1 Å². The average Bonchev–Trinajstić information content (AvgIpc) is 2.09. The van der Waals surface area contributed by atoms with E-state index >= 15 is 0 Å². The lowest BCUT2D eigenvalue weighted by Crippen LogP contribution is -2.25. The molecule has 0 amide bonds. The van der Waals surface area contributed by atoms with E-state index in [1.165, 1.54) is 0 Å². The Morgan fingerprint density at radius 2 is 1.61 bits per heavy atom. The summed E-state index contributed by atoms with van der Waals surface area (Å²) in [6, 6.07) is 0. The number of hydrogen-bond acceptors (Lipinski definition) is 7. The minimum atomic E-state index is -3.91. The van der Waals surface area contributed by atoms with Crippen molar-refractivity contribution >= 4 is 20.2 Å². The normalized spacial score (nSPS) is 14.9. The highest BCUT2D eigenvalue weighted by Crippen LogP contribution is 2.08. The lowest BCUT2D eigenvalue weighted by atomic mass is 10.4. The van der Waals surface area contributed by atoms with Gasteiger partial charge in [0.1, 0.15) is 6.61 Å². The van der Waals surface area contributed by atoms with Crippen molar-refractivity contribution in [1.29, 1.82) is 0 Å². The van der Waals surface area contributed by atoms with Gasteiger partial charge in [-0.3, -0.25) is 4.18 Å². The second kappa shape index (κ2) is 7.28. The highest BCUT2D eigenvalue weighted by Gasteiger charge is 2.19. The minimum Gasteiger partial charge on any atom is -0.345 e. The molecule has 0 spiro atoms. The molecule has 18 heavy (non-hydrogen) atoms. The van der Waals surface area contributed by atoms with E-state index in [1.807, 2.05) is 0 Å². The van der Waals surface area contributed by atoms with Crippen molar-refractivity contribution < 1.29 is 38.7 Å². The molecule has 0 aromatic rings. The van der Waals surface area contributed by atoms with Gasteiger partial charge in [-0.2, -0.15) is 16.8 Å². The van der Waals surface area contributed by atoms with Crippen LogP contribution in [-0.4, -0.2) is 55.3 Å². The predicted octanol–water partition coefficient (Wildman–Crippen LogP) is -0.0633. The molecule has 0 heterocycles. The molecule has 0 aromatic carbocycles. The molecule has 110 valence electrons. The Bertz CT molecular complexity index is 431. The zero-order valence-electron chi connectivity index (χ0n) is 9.71. The quantitative estimate of drug-likeness (QED) is 0.434. The summed E-state index contributed by atoms with van der Waals surface area (Å²) in [5.41, 5.74) is 0. The zero-order chi connectivity index (χ0) is 14.4. The SMILES string of the molecule is CS(=O)(=O)OCCC(OCC(F)F)OS(C)(=O)=O. The lowest BCUT2D eigenvalue weighted by Gasteiger charge is -2.16. The molecular weight excluding hydrogens is 298 g/mol. The van der Waals surface area contributed by atoms with Crippen molar-refractivity contribution in [2.75, 3.05) is 25.7 Å². The van der Waals surface area contributed by atoms with Gasteiger partial charge in [-0.05, 0) is 0 Å². The summed E-state index contributed by atoms with van der Waals surface area (Å²) in [5.74, 6) is 0. The van der Waals surface area contributed by atoms with E-state index in [0.29, 0.717) is 6.26 Å². The minimum absolute atomic E-state index is 0.327. The van der Waals surface area contributed by atoms with Crippen molar-refractivity contribution in [1.82, 2.24) is 0 Å². The third kappa shape index (κ3) is 12.1. The van der Waals surface area contributed by atoms with E-state index in [1.54, 1.807) is 0 Å². The van der Waals surface area contributed by atoms with E-state index in [4.69, 9.17) is 0 Å². The Labute approximate surface area is 104 Å². The standard InChI is InChI=1S/C7H14F2O7S2/c1-17(10,11)15-4-3-7(14-5-6(8)9)16-18(2,12)13/h6-7H,3-5H2,1-2H3. The number of halogens is 2.